The predicted molar refractivity (Wildman–Crippen MR) is 73.1 cm³/mol. The molecule has 0 saturated heterocycles. The normalized spacial score (nSPS) is 18.4. The van der Waals surface area contributed by atoms with E-state index in [9.17, 15) is 0 Å². The van der Waals surface area contributed by atoms with Crippen molar-refractivity contribution >= 4 is 0 Å². The first kappa shape index (κ1) is 15.0. The number of ether oxygens (including phenoxy) is 2. The smallest absolute Gasteiger partial charge is 0.215 e. The largest absolute Gasteiger partial charge is 0.477 e. The Bertz CT molecular complexity index is 366. The van der Waals surface area contributed by atoms with Crippen LogP contribution >= 0.6 is 0 Å². The Labute approximate surface area is 110 Å². The fourth-order valence-electron chi connectivity index (χ4n) is 2.00. The quantitative estimate of drug-likeness (QED) is 0.814. The highest BCUT2D eigenvalue weighted by Gasteiger charge is 2.28. The van der Waals surface area contributed by atoms with Crippen molar-refractivity contribution in [2.45, 2.75) is 46.6 Å². The Morgan fingerprint density at radius 3 is 2.67 bits per heavy atom. The minimum atomic E-state index is 0.0850. The lowest BCUT2D eigenvalue weighted by Crippen LogP contribution is -2.29. The van der Waals surface area contributed by atoms with Gasteiger partial charge in [0.25, 0.3) is 0 Å². The molecule has 2 heterocycles. The van der Waals surface area contributed by atoms with Gasteiger partial charge in [0.2, 0.25) is 5.88 Å². The molecule has 1 atom stereocenters. The van der Waals surface area contributed by atoms with Gasteiger partial charge >= 0.3 is 0 Å². The summed E-state index contributed by atoms with van der Waals surface area (Å²) in [4.78, 5) is 0. The van der Waals surface area contributed by atoms with Gasteiger partial charge in [0.15, 0.2) is 0 Å². The molecular formula is C14H26N2O2. The molecule has 18 heavy (non-hydrogen) atoms. The first-order chi connectivity index (χ1) is 8.52. The van der Waals surface area contributed by atoms with Crippen LogP contribution in [0.2, 0.25) is 0 Å². The van der Waals surface area contributed by atoms with Crippen molar-refractivity contribution in [1.82, 2.24) is 9.78 Å². The highest BCUT2D eigenvalue weighted by atomic mass is 16.5. The first-order valence-electron chi connectivity index (χ1n) is 6.70. The van der Waals surface area contributed by atoms with Crippen LogP contribution in [0.3, 0.4) is 0 Å². The summed E-state index contributed by atoms with van der Waals surface area (Å²) in [6.07, 6.45) is 1.92. The number of rotatable bonds is 2. The number of hydrogen-bond acceptors (Lipinski definition) is 3. The standard InChI is InChI=1S/C12H20N2O2.C2H6/c1-12(2,3)10-5-13-14-6-9(7-15-4)8-16-11(10)14;1-2/h5,9H,6-8H2,1-4H3;1-2H3. The second-order valence-electron chi connectivity index (χ2n) is 5.43. The van der Waals surface area contributed by atoms with Gasteiger partial charge in [0, 0.05) is 18.6 Å². The van der Waals surface area contributed by atoms with E-state index in [-0.39, 0.29) is 5.41 Å². The Balaban J connectivity index is 0.000000771. The lowest BCUT2D eigenvalue weighted by atomic mass is 9.89. The number of nitrogens with zero attached hydrogens (tertiary/aromatic N) is 2. The molecular weight excluding hydrogens is 228 g/mol. The fraction of sp³-hybridized carbons (Fsp3) is 0.786. The van der Waals surface area contributed by atoms with E-state index in [1.54, 1.807) is 7.11 Å². The van der Waals surface area contributed by atoms with Crippen LogP contribution in [0, 0.1) is 5.92 Å². The molecule has 0 bridgehead atoms. The molecule has 0 aromatic carbocycles. The zero-order chi connectivity index (χ0) is 13.8. The highest BCUT2D eigenvalue weighted by molar-refractivity contribution is 5.31. The second kappa shape index (κ2) is 6.23. The number of hydrogen-bond donors (Lipinski definition) is 0. The molecule has 0 saturated carbocycles. The van der Waals surface area contributed by atoms with E-state index in [0.717, 1.165) is 25.6 Å². The van der Waals surface area contributed by atoms with Crippen LogP contribution in [0.15, 0.2) is 6.20 Å². The van der Waals surface area contributed by atoms with Crippen LogP contribution in [-0.2, 0) is 16.7 Å². The van der Waals surface area contributed by atoms with Gasteiger partial charge in [-0.15, -0.1) is 0 Å². The number of methoxy groups -OCH3 is 1. The van der Waals surface area contributed by atoms with Gasteiger partial charge in [-0.1, -0.05) is 34.6 Å². The molecule has 1 aromatic rings. The molecule has 104 valence electrons. The summed E-state index contributed by atoms with van der Waals surface area (Å²) in [6.45, 7) is 12.9. The van der Waals surface area contributed by atoms with Gasteiger partial charge in [-0.25, -0.2) is 4.68 Å². The third kappa shape index (κ3) is 3.25. The van der Waals surface area contributed by atoms with Crippen molar-refractivity contribution in [3.63, 3.8) is 0 Å². The van der Waals surface area contributed by atoms with E-state index in [2.05, 4.69) is 25.9 Å². The van der Waals surface area contributed by atoms with Crippen LogP contribution < -0.4 is 4.74 Å². The SMILES string of the molecule is CC.COCC1COc2c(C(C)(C)C)cnn2C1. The number of aromatic nitrogens is 2. The molecule has 0 aliphatic carbocycles. The third-order valence-corrected chi connectivity index (χ3v) is 2.89. The lowest BCUT2D eigenvalue weighted by Gasteiger charge is -2.26. The van der Waals surface area contributed by atoms with E-state index in [4.69, 9.17) is 9.47 Å². The van der Waals surface area contributed by atoms with Gasteiger partial charge < -0.3 is 9.47 Å². The minimum absolute atomic E-state index is 0.0850. The maximum Gasteiger partial charge on any atom is 0.215 e. The summed E-state index contributed by atoms with van der Waals surface area (Å²) in [6, 6.07) is 0. The van der Waals surface area contributed by atoms with Crippen molar-refractivity contribution < 1.29 is 9.47 Å². The molecule has 2 rings (SSSR count). The van der Waals surface area contributed by atoms with Gasteiger partial charge in [0.05, 0.1) is 26.0 Å². The molecule has 4 nitrogen and oxygen atoms in total. The molecule has 1 aliphatic rings. The van der Waals surface area contributed by atoms with Gasteiger partial charge in [-0.05, 0) is 5.41 Å². The summed E-state index contributed by atoms with van der Waals surface area (Å²) in [5, 5.41) is 4.39. The minimum Gasteiger partial charge on any atom is -0.477 e. The van der Waals surface area contributed by atoms with Gasteiger partial charge in [-0.2, -0.15) is 5.10 Å². The summed E-state index contributed by atoms with van der Waals surface area (Å²) in [5.41, 5.74) is 1.27. The lowest BCUT2D eigenvalue weighted by molar-refractivity contribution is 0.0785. The van der Waals surface area contributed by atoms with Crippen LogP contribution in [0.4, 0.5) is 0 Å². The van der Waals surface area contributed by atoms with E-state index in [1.807, 2.05) is 24.7 Å². The fourth-order valence-corrected chi connectivity index (χ4v) is 2.00. The topological polar surface area (TPSA) is 36.3 Å². The van der Waals surface area contributed by atoms with E-state index in [1.165, 1.54) is 5.56 Å². The zero-order valence-electron chi connectivity index (χ0n) is 12.5. The van der Waals surface area contributed by atoms with Crippen LogP contribution in [0.1, 0.15) is 40.2 Å². The van der Waals surface area contributed by atoms with E-state index >= 15 is 0 Å². The van der Waals surface area contributed by atoms with Crippen molar-refractivity contribution in [2.75, 3.05) is 20.3 Å². The highest BCUT2D eigenvalue weighted by Crippen LogP contribution is 2.33. The molecule has 0 N–H and O–H groups in total. The van der Waals surface area contributed by atoms with Crippen LogP contribution in [0.25, 0.3) is 0 Å². The Morgan fingerprint density at radius 1 is 1.44 bits per heavy atom. The van der Waals surface area contributed by atoms with Crippen LogP contribution in [-0.4, -0.2) is 30.1 Å². The Kier molecular flexibility index (Phi) is 5.20. The second-order valence-corrected chi connectivity index (χ2v) is 5.43. The average Bonchev–Trinajstić information content (AvgIpc) is 2.75. The molecule has 0 amide bonds. The average molecular weight is 254 g/mol. The Hall–Kier alpha value is -1.03. The third-order valence-electron chi connectivity index (χ3n) is 2.89. The van der Waals surface area contributed by atoms with Gasteiger partial charge in [0.1, 0.15) is 0 Å². The predicted octanol–water partition coefficient (Wildman–Crippen LogP) is 2.86. The molecule has 4 heteroatoms. The molecule has 0 spiro atoms. The first-order valence-corrected chi connectivity index (χ1v) is 6.70. The van der Waals surface area contributed by atoms with Crippen molar-refractivity contribution in [2.24, 2.45) is 5.92 Å². The molecule has 0 fully saturated rings. The summed E-state index contributed by atoms with van der Waals surface area (Å²) < 4.78 is 12.9. The van der Waals surface area contributed by atoms with Crippen LogP contribution in [0.5, 0.6) is 5.88 Å². The summed E-state index contributed by atoms with van der Waals surface area (Å²) in [7, 11) is 1.72. The zero-order valence-corrected chi connectivity index (χ0v) is 12.5. The van der Waals surface area contributed by atoms with Crippen molar-refractivity contribution in [3.8, 4) is 5.88 Å². The molecule has 0 radical (unpaired) electrons. The molecule has 1 aromatic heterocycles. The number of fused-ring (bicyclic) bond motifs is 1. The van der Waals surface area contributed by atoms with Crippen molar-refractivity contribution in [1.29, 1.82) is 0 Å². The molecule has 1 unspecified atom stereocenters. The maximum atomic E-state index is 5.81. The molecule has 1 aliphatic heterocycles. The Morgan fingerprint density at radius 2 is 2.11 bits per heavy atom. The van der Waals surface area contributed by atoms with Crippen molar-refractivity contribution in [3.05, 3.63) is 11.8 Å². The summed E-state index contributed by atoms with van der Waals surface area (Å²) >= 11 is 0. The monoisotopic (exact) mass is 254 g/mol. The van der Waals surface area contributed by atoms with Gasteiger partial charge in [-0.3, -0.25) is 0 Å². The van der Waals surface area contributed by atoms with E-state index in [0.29, 0.717) is 5.92 Å². The summed E-state index contributed by atoms with van der Waals surface area (Å²) in [5.74, 6) is 1.34. The maximum absolute atomic E-state index is 5.81. The van der Waals surface area contributed by atoms with E-state index < -0.39 is 0 Å².